The van der Waals surface area contributed by atoms with Gasteiger partial charge in [-0.25, -0.2) is 4.98 Å². The number of nitrogens with zero attached hydrogens (tertiary/aromatic N) is 3. The van der Waals surface area contributed by atoms with Gasteiger partial charge in [-0.05, 0) is 55.5 Å². The van der Waals surface area contributed by atoms with E-state index in [1.807, 2.05) is 84.6 Å². The highest BCUT2D eigenvalue weighted by Gasteiger charge is 2.27. The van der Waals surface area contributed by atoms with Crippen LogP contribution in [0.2, 0.25) is 0 Å². The number of ether oxygens (including phenoxy) is 1. The number of para-hydroxylation sites is 3. The van der Waals surface area contributed by atoms with Gasteiger partial charge in [0.05, 0.1) is 29.7 Å². The molecule has 0 aliphatic heterocycles. The van der Waals surface area contributed by atoms with Gasteiger partial charge in [0.15, 0.2) is 0 Å². The lowest BCUT2D eigenvalue weighted by Crippen LogP contribution is -2.38. The summed E-state index contributed by atoms with van der Waals surface area (Å²) in [5.41, 5.74) is 2.16. The van der Waals surface area contributed by atoms with Crippen molar-refractivity contribution >= 4 is 16.8 Å². The Morgan fingerprint density at radius 2 is 1.62 bits per heavy atom. The highest BCUT2D eigenvalue weighted by molar-refractivity contribution is 5.79. The molecule has 0 saturated carbocycles. The van der Waals surface area contributed by atoms with E-state index in [2.05, 4.69) is 13.8 Å². The average Bonchev–Trinajstić information content (AvgIpc) is 2.92. The summed E-state index contributed by atoms with van der Waals surface area (Å²) in [4.78, 5) is 34.3. The molecule has 6 nitrogen and oxygen atoms in total. The summed E-state index contributed by atoms with van der Waals surface area (Å²) in [6.07, 6.45) is 1.90. The van der Waals surface area contributed by atoms with E-state index in [0.717, 1.165) is 12.0 Å². The Hall–Kier alpha value is -3.93. The molecular formula is C31H35N3O3. The first-order valence-corrected chi connectivity index (χ1v) is 12.9. The van der Waals surface area contributed by atoms with Crippen molar-refractivity contribution < 1.29 is 9.53 Å². The smallest absolute Gasteiger partial charge is 0.266 e. The van der Waals surface area contributed by atoms with Crippen molar-refractivity contribution in [3.8, 4) is 11.4 Å². The monoisotopic (exact) mass is 497 g/mol. The van der Waals surface area contributed by atoms with E-state index < -0.39 is 6.04 Å². The Balaban J connectivity index is 1.80. The summed E-state index contributed by atoms with van der Waals surface area (Å²) in [5, 5.41) is 0.522. The van der Waals surface area contributed by atoms with Gasteiger partial charge in [-0.1, -0.05) is 68.4 Å². The molecule has 6 heteroatoms. The highest BCUT2D eigenvalue weighted by atomic mass is 16.5. The zero-order chi connectivity index (χ0) is 26.4. The molecule has 0 N–H and O–H groups in total. The zero-order valence-corrected chi connectivity index (χ0v) is 22.1. The predicted octanol–water partition coefficient (Wildman–Crippen LogP) is 5.96. The summed E-state index contributed by atoms with van der Waals surface area (Å²) < 4.78 is 7.22. The number of carbonyl (C=O) groups is 1. The molecule has 3 aromatic carbocycles. The maximum Gasteiger partial charge on any atom is 0.266 e. The van der Waals surface area contributed by atoms with Crippen LogP contribution in [0.4, 0.5) is 0 Å². The number of aromatic nitrogens is 2. The zero-order valence-electron chi connectivity index (χ0n) is 22.1. The molecule has 1 atom stereocenters. The van der Waals surface area contributed by atoms with Crippen molar-refractivity contribution in [2.75, 3.05) is 13.7 Å². The molecule has 4 rings (SSSR count). The topological polar surface area (TPSA) is 64.4 Å². The summed E-state index contributed by atoms with van der Waals surface area (Å²) >= 11 is 0. The maximum absolute atomic E-state index is 13.9. The van der Waals surface area contributed by atoms with Gasteiger partial charge in [0, 0.05) is 13.0 Å². The summed E-state index contributed by atoms with van der Waals surface area (Å²) in [6.45, 7) is 6.84. The van der Waals surface area contributed by atoms with Crippen molar-refractivity contribution in [2.45, 2.75) is 46.1 Å². The summed E-state index contributed by atoms with van der Waals surface area (Å²) in [7, 11) is 1.59. The van der Waals surface area contributed by atoms with E-state index in [9.17, 15) is 9.59 Å². The number of rotatable bonds is 10. The maximum atomic E-state index is 13.9. The van der Waals surface area contributed by atoms with Crippen molar-refractivity contribution in [3.05, 3.63) is 101 Å². The molecule has 0 radical (unpaired) electrons. The van der Waals surface area contributed by atoms with Gasteiger partial charge in [-0.3, -0.25) is 14.2 Å². The third-order valence-corrected chi connectivity index (χ3v) is 6.71. The minimum absolute atomic E-state index is 0.0472. The lowest BCUT2D eigenvalue weighted by Gasteiger charge is -2.31. The molecule has 0 spiro atoms. The van der Waals surface area contributed by atoms with Crippen LogP contribution in [0.3, 0.4) is 0 Å². The van der Waals surface area contributed by atoms with Crippen molar-refractivity contribution in [1.82, 2.24) is 14.5 Å². The van der Waals surface area contributed by atoms with Crippen molar-refractivity contribution in [3.63, 3.8) is 0 Å². The van der Waals surface area contributed by atoms with Gasteiger partial charge in [0.2, 0.25) is 5.91 Å². The summed E-state index contributed by atoms with van der Waals surface area (Å²) in [6, 6.07) is 24.4. The molecule has 0 aliphatic rings. The fourth-order valence-electron chi connectivity index (χ4n) is 4.59. The van der Waals surface area contributed by atoms with Crippen molar-refractivity contribution in [2.24, 2.45) is 5.92 Å². The average molecular weight is 498 g/mol. The molecular weight excluding hydrogens is 462 g/mol. The second-order valence-corrected chi connectivity index (χ2v) is 9.73. The lowest BCUT2D eigenvalue weighted by molar-refractivity contribution is -0.133. The molecule has 0 bridgehead atoms. The Morgan fingerprint density at radius 1 is 0.946 bits per heavy atom. The fourth-order valence-corrected chi connectivity index (χ4v) is 4.59. The first-order valence-electron chi connectivity index (χ1n) is 12.9. The lowest BCUT2D eigenvalue weighted by atomic mass is 10.1. The fraction of sp³-hybridized carbons (Fsp3) is 0.323. The van der Waals surface area contributed by atoms with Gasteiger partial charge in [-0.15, -0.1) is 0 Å². The number of fused-ring (bicyclic) bond motifs is 1. The van der Waals surface area contributed by atoms with E-state index >= 15 is 0 Å². The van der Waals surface area contributed by atoms with Crippen LogP contribution < -0.4 is 10.3 Å². The first-order chi connectivity index (χ1) is 17.9. The highest BCUT2D eigenvalue weighted by Crippen LogP contribution is 2.28. The van der Waals surface area contributed by atoms with Gasteiger partial charge >= 0.3 is 0 Å². The van der Waals surface area contributed by atoms with Crippen LogP contribution in [0.1, 0.15) is 51.0 Å². The number of carbonyl (C=O) groups excluding carboxylic acids is 1. The minimum Gasteiger partial charge on any atom is -0.495 e. The van der Waals surface area contributed by atoms with E-state index in [1.165, 1.54) is 0 Å². The molecule has 0 saturated heterocycles. The number of amides is 1. The number of hydrogen-bond donors (Lipinski definition) is 0. The third kappa shape index (κ3) is 5.91. The normalized spacial score (nSPS) is 12.0. The van der Waals surface area contributed by atoms with Gasteiger partial charge < -0.3 is 9.64 Å². The Labute approximate surface area is 218 Å². The van der Waals surface area contributed by atoms with Crippen LogP contribution in [0.15, 0.2) is 83.7 Å². The molecule has 1 aromatic heterocycles. The molecule has 37 heavy (non-hydrogen) atoms. The number of benzene rings is 3. The molecule has 192 valence electrons. The number of methoxy groups -OCH3 is 1. The number of hydrogen-bond acceptors (Lipinski definition) is 4. The largest absolute Gasteiger partial charge is 0.495 e. The van der Waals surface area contributed by atoms with Crippen LogP contribution in [-0.4, -0.2) is 34.0 Å². The quantitative estimate of drug-likeness (QED) is 0.271. The molecule has 1 amide bonds. The first kappa shape index (κ1) is 26.1. The molecule has 1 unspecified atom stereocenters. The van der Waals surface area contributed by atoms with Gasteiger partial charge in [0.1, 0.15) is 11.6 Å². The Kier molecular flexibility index (Phi) is 8.39. The SMILES string of the molecule is COc1ccccc1-n1c(C(C)N(CCC(C)C)C(=O)CCc2ccccc2)nc2ccccc2c1=O. The van der Waals surface area contributed by atoms with Crippen LogP contribution in [0, 0.1) is 5.92 Å². The Bertz CT molecular complexity index is 1410. The molecule has 0 fully saturated rings. The van der Waals surface area contributed by atoms with E-state index in [4.69, 9.17) is 9.72 Å². The number of aryl methyl sites for hydroxylation is 1. The van der Waals surface area contributed by atoms with Crippen LogP contribution in [-0.2, 0) is 11.2 Å². The van der Waals surface area contributed by atoms with Crippen LogP contribution in [0.25, 0.3) is 16.6 Å². The standard InChI is InChI=1S/C31H35N3O3/c1-22(2)20-21-33(29(35)19-18-24-12-6-5-7-13-24)23(3)30-32-26-15-9-8-14-25(26)31(36)34(30)27-16-10-11-17-28(27)37-4/h5-17,22-23H,18-21H2,1-4H3. The second kappa shape index (κ2) is 11.9. The Morgan fingerprint density at radius 3 is 2.35 bits per heavy atom. The van der Waals surface area contributed by atoms with E-state index in [0.29, 0.717) is 53.5 Å². The van der Waals surface area contributed by atoms with Crippen molar-refractivity contribution in [1.29, 1.82) is 0 Å². The van der Waals surface area contributed by atoms with Gasteiger partial charge in [-0.2, -0.15) is 0 Å². The molecule has 1 heterocycles. The van der Waals surface area contributed by atoms with E-state index in [1.54, 1.807) is 17.7 Å². The van der Waals surface area contributed by atoms with Crippen LogP contribution in [0.5, 0.6) is 5.75 Å². The minimum atomic E-state index is -0.427. The summed E-state index contributed by atoms with van der Waals surface area (Å²) in [5.74, 6) is 1.56. The predicted molar refractivity (Wildman–Crippen MR) is 148 cm³/mol. The van der Waals surface area contributed by atoms with Gasteiger partial charge in [0.25, 0.3) is 5.56 Å². The third-order valence-electron chi connectivity index (χ3n) is 6.71. The van der Waals surface area contributed by atoms with Crippen LogP contribution >= 0.6 is 0 Å². The second-order valence-electron chi connectivity index (χ2n) is 9.73. The van der Waals surface area contributed by atoms with E-state index in [-0.39, 0.29) is 11.5 Å². The molecule has 4 aromatic rings. The molecule has 0 aliphatic carbocycles.